The van der Waals surface area contributed by atoms with Gasteiger partial charge in [-0.2, -0.15) is 127 Å². The third-order valence-electron chi connectivity index (χ3n) is 11.5. The van der Waals surface area contributed by atoms with Crippen molar-refractivity contribution < 1.29 is 115 Å². The summed E-state index contributed by atoms with van der Waals surface area (Å²) >= 11 is 0. The minimum Gasteiger partial charge on any atom is -0.294 e. The molecule has 0 atom stereocenters. The number of ketones is 1. The van der Waals surface area contributed by atoms with E-state index < -0.39 is 195 Å². The molecule has 0 N–H and O–H groups in total. The van der Waals surface area contributed by atoms with E-state index in [-0.39, 0.29) is 5.78 Å². The van der Waals surface area contributed by atoms with Gasteiger partial charge < -0.3 is 0 Å². The van der Waals surface area contributed by atoms with E-state index in [2.05, 4.69) is 30.5 Å². The number of carbonyl (C=O) groups excluding carboxylic acids is 1. The van der Waals surface area contributed by atoms with Gasteiger partial charge in [-0.3, -0.25) is 4.79 Å². The van der Waals surface area contributed by atoms with Gasteiger partial charge in [-0.25, -0.2) is 4.57 Å². The Balaban J connectivity index is 0.000000468. The van der Waals surface area contributed by atoms with Crippen LogP contribution >= 0.6 is 0 Å². The molecule has 27 heteroatoms. The van der Waals surface area contributed by atoms with E-state index in [0.717, 1.165) is 12.1 Å². The van der Waals surface area contributed by atoms with Crippen molar-refractivity contribution in [3.8, 4) is 0 Å². The van der Waals surface area contributed by atoms with Gasteiger partial charge in [0, 0.05) is 29.7 Å². The predicted octanol–water partition coefficient (Wildman–Crippen LogP) is 14.5. The standard InChI is InChI=1S/C32H12BF24.C17H20NO/c34-25(35,36)13-1-14(26(37,38)39)6-21(5-13)33(22-7-15(27(40,41)42)2-16(8-22)28(43,44)45,23-9-17(29(46,47)48)3-18(10-23)30(49,50)51)24-11-19(31(52,53)54)4-20(12-24)32(55,56)57;1-14(2)12-17(19)16-8-10-18(11-9-16)13-15-6-4-3-5-7-15/h1-12H;3-11,14H,12-13H2,1-2H3/q-1;+1. The van der Waals surface area contributed by atoms with Crippen LogP contribution in [0.15, 0.2) is 128 Å². The summed E-state index contributed by atoms with van der Waals surface area (Å²) < 4.78 is 343. The van der Waals surface area contributed by atoms with Gasteiger partial charge in [0.15, 0.2) is 24.7 Å². The highest BCUT2D eigenvalue weighted by Gasteiger charge is 2.47. The predicted molar refractivity (Wildman–Crippen MR) is 226 cm³/mol. The quantitative estimate of drug-likeness (QED) is 0.0612. The first-order valence-corrected chi connectivity index (χ1v) is 21.3. The van der Waals surface area contributed by atoms with Crippen molar-refractivity contribution in [1.29, 1.82) is 0 Å². The fraction of sp³-hybridized carbons (Fsp3) is 0.265. The van der Waals surface area contributed by atoms with Gasteiger partial charge in [0.2, 0.25) is 0 Å². The fourth-order valence-electron chi connectivity index (χ4n) is 8.10. The van der Waals surface area contributed by atoms with Crippen molar-refractivity contribution >= 4 is 33.8 Å². The number of carbonyl (C=O) groups is 1. The Morgan fingerprint density at radius 2 is 0.618 bits per heavy atom. The van der Waals surface area contributed by atoms with Crippen LogP contribution in [-0.4, -0.2) is 11.9 Å². The summed E-state index contributed by atoms with van der Waals surface area (Å²) in [7, 11) is 0. The maximum Gasteiger partial charge on any atom is 0.416 e. The summed E-state index contributed by atoms with van der Waals surface area (Å²) in [5.74, 6) is 0.631. The number of benzene rings is 5. The van der Waals surface area contributed by atoms with Crippen molar-refractivity contribution in [3.63, 3.8) is 0 Å². The zero-order valence-corrected chi connectivity index (χ0v) is 38.1. The molecule has 0 amide bonds. The first-order valence-electron chi connectivity index (χ1n) is 21.3. The molecule has 1 aromatic heterocycles. The Morgan fingerprint density at radius 3 is 0.829 bits per heavy atom. The number of hydrogen-bond acceptors (Lipinski definition) is 1. The topological polar surface area (TPSA) is 20.9 Å². The summed E-state index contributed by atoms with van der Waals surface area (Å²) in [6, 6.07) is 5.31. The first kappa shape index (κ1) is 60.2. The molecule has 0 aliphatic rings. The van der Waals surface area contributed by atoms with Crippen LogP contribution in [0.2, 0.25) is 0 Å². The Morgan fingerprint density at radius 1 is 0.382 bits per heavy atom. The average molecular weight is 1120 g/mol. The number of rotatable bonds is 9. The maximum absolute atomic E-state index is 14.2. The zero-order valence-electron chi connectivity index (χ0n) is 38.1. The summed E-state index contributed by atoms with van der Waals surface area (Å²) in [5.41, 5.74) is -28.1. The van der Waals surface area contributed by atoms with E-state index >= 15 is 0 Å². The maximum atomic E-state index is 14.2. The van der Waals surface area contributed by atoms with Crippen LogP contribution in [0.5, 0.6) is 0 Å². The summed E-state index contributed by atoms with van der Waals surface area (Å²) in [6.07, 6.45) is -50.2. The van der Waals surface area contributed by atoms with E-state index in [0.29, 0.717) is 12.3 Å². The normalized spacial score (nSPS) is 13.4. The van der Waals surface area contributed by atoms with Gasteiger partial charge in [-0.1, -0.05) is 92.7 Å². The molecule has 0 saturated heterocycles. The second-order valence-electron chi connectivity index (χ2n) is 17.5. The van der Waals surface area contributed by atoms with Crippen LogP contribution in [-0.2, 0) is 56.0 Å². The van der Waals surface area contributed by atoms with Crippen LogP contribution in [0, 0.1) is 5.92 Å². The van der Waals surface area contributed by atoms with E-state index in [9.17, 15) is 110 Å². The third kappa shape index (κ3) is 14.4. The van der Waals surface area contributed by atoms with E-state index in [1.54, 1.807) is 0 Å². The molecule has 0 spiro atoms. The Kier molecular flexibility index (Phi) is 16.6. The Bertz CT molecular complexity index is 2580. The Labute approximate surface area is 413 Å². The molecule has 0 saturated carbocycles. The second kappa shape index (κ2) is 21.0. The van der Waals surface area contributed by atoms with Crippen molar-refractivity contribution in [1.82, 2.24) is 0 Å². The molecule has 0 aliphatic carbocycles. The summed E-state index contributed by atoms with van der Waals surface area (Å²) in [6.45, 7) is 4.96. The molecule has 6 aromatic rings. The van der Waals surface area contributed by atoms with Gasteiger partial charge in [-0.15, -0.1) is 0 Å². The van der Waals surface area contributed by atoms with Crippen molar-refractivity contribution in [2.24, 2.45) is 5.92 Å². The molecule has 0 bridgehead atoms. The molecule has 2 nitrogen and oxygen atoms in total. The molecule has 1 heterocycles. The molecule has 5 aromatic carbocycles. The lowest BCUT2D eigenvalue weighted by atomic mass is 9.12. The number of nitrogens with zero attached hydrogens (tertiary/aromatic N) is 1. The lowest BCUT2D eigenvalue weighted by Crippen LogP contribution is -2.75. The Hall–Kier alpha value is -6.70. The average Bonchev–Trinajstić information content (AvgIpc) is 3.27. The van der Waals surface area contributed by atoms with Crippen molar-refractivity contribution in [2.75, 3.05) is 0 Å². The smallest absolute Gasteiger partial charge is 0.294 e. The van der Waals surface area contributed by atoms with Crippen LogP contribution in [0.25, 0.3) is 0 Å². The number of Topliss-reactive ketones (excluding diaryl/α,β-unsaturated/α-hetero) is 1. The molecule has 0 aliphatic heterocycles. The molecular weight excluding hydrogens is 1090 g/mol. The minimum atomic E-state index is -6.13. The SMILES string of the molecule is CC(C)CC(=O)c1cc[n+](Cc2ccccc2)cc1.FC(F)(F)c1cc([B-](c2cc(C(F)(F)F)cc(C(F)(F)F)c2)(c2cc(C(F)(F)F)cc(C(F)(F)F)c2)c2cc(C(F)(F)F)cc(C(F)(F)F)c2)cc(C(F)(F)F)c1. The van der Waals surface area contributed by atoms with Crippen molar-refractivity contribution in [2.45, 2.75) is 76.2 Å². The van der Waals surface area contributed by atoms with Gasteiger partial charge >= 0.3 is 49.4 Å². The summed E-state index contributed by atoms with van der Waals surface area (Å²) in [4.78, 5) is 11.9. The largest absolute Gasteiger partial charge is 0.416 e. The van der Waals surface area contributed by atoms with E-state index in [4.69, 9.17) is 0 Å². The minimum absolute atomic E-state index is 0.224. The number of pyridine rings is 1. The molecule has 0 radical (unpaired) electrons. The van der Waals surface area contributed by atoms with E-state index in [1.807, 2.05) is 42.7 Å². The van der Waals surface area contributed by atoms with Crippen LogP contribution < -0.4 is 26.4 Å². The van der Waals surface area contributed by atoms with Crippen LogP contribution in [0.4, 0.5) is 105 Å². The van der Waals surface area contributed by atoms with Crippen molar-refractivity contribution in [3.05, 3.63) is 183 Å². The molecule has 6 rings (SSSR count). The van der Waals surface area contributed by atoms with Crippen LogP contribution in [0.3, 0.4) is 0 Å². The summed E-state index contributed by atoms with van der Waals surface area (Å²) in [5, 5.41) is 0. The van der Waals surface area contributed by atoms with Crippen LogP contribution in [0.1, 0.15) is 80.7 Å². The number of halogens is 24. The van der Waals surface area contributed by atoms with Gasteiger partial charge in [0.1, 0.15) is 6.15 Å². The van der Waals surface area contributed by atoms with Gasteiger partial charge in [0.05, 0.1) is 44.5 Å². The van der Waals surface area contributed by atoms with Gasteiger partial charge in [0.25, 0.3) is 0 Å². The zero-order chi connectivity index (χ0) is 57.6. The lowest BCUT2D eigenvalue weighted by molar-refractivity contribution is -0.688. The molecular formula is C49H32BF24NO. The lowest BCUT2D eigenvalue weighted by Gasteiger charge is -2.46. The second-order valence-corrected chi connectivity index (χ2v) is 17.5. The highest BCUT2D eigenvalue weighted by atomic mass is 19.4. The first-order chi connectivity index (χ1) is 34.4. The molecule has 0 unspecified atom stereocenters. The number of aromatic nitrogens is 1. The van der Waals surface area contributed by atoms with Gasteiger partial charge in [-0.05, 0) is 30.2 Å². The third-order valence-corrected chi connectivity index (χ3v) is 11.5. The van der Waals surface area contributed by atoms with E-state index in [1.165, 1.54) is 5.56 Å². The molecule has 410 valence electrons. The number of alkyl halides is 24. The monoisotopic (exact) mass is 1120 g/mol. The highest BCUT2D eigenvalue weighted by molar-refractivity contribution is 7.20. The number of hydrogen-bond donors (Lipinski definition) is 0. The fourth-order valence-corrected chi connectivity index (χ4v) is 8.10. The highest BCUT2D eigenvalue weighted by Crippen LogP contribution is 2.41. The molecule has 0 fully saturated rings. The molecule has 76 heavy (non-hydrogen) atoms.